The van der Waals surface area contributed by atoms with E-state index in [0.29, 0.717) is 43.0 Å². The molecule has 1 fully saturated rings. The molecule has 0 saturated carbocycles. The van der Waals surface area contributed by atoms with Crippen LogP contribution in [-0.2, 0) is 0 Å². The number of nitrogens with zero attached hydrogens (tertiary/aromatic N) is 2. The van der Waals surface area contributed by atoms with Crippen molar-refractivity contribution in [3.8, 4) is 5.75 Å². The van der Waals surface area contributed by atoms with Gasteiger partial charge in [0.25, 0.3) is 5.91 Å². The quantitative estimate of drug-likeness (QED) is 0.539. The topological polar surface area (TPSA) is 49.9 Å². The van der Waals surface area contributed by atoms with Gasteiger partial charge in [0.1, 0.15) is 11.6 Å². The van der Waals surface area contributed by atoms with Crippen molar-refractivity contribution in [2.45, 2.75) is 13.1 Å². The van der Waals surface area contributed by atoms with E-state index in [-0.39, 0.29) is 17.4 Å². The molecular weight excluding hydrogens is 404 g/mol. The lowest BCUT2D eigenvalue weighted by atomic mass is 10.1. The third-order valence-electron chi connectivity index (χ3n) is 4.77. The number of anilines is 1. The first kappa shape index (κ1) is 21.6. The Bertz CT molecular complexity index is 921. The highest BCUT2D eigenvalue weighted by Crippen LogP contribution is 2.23. The number of ketones is 1. The Kier molecular flexibility index (Phi) is 6.28. The molecule has 3 rings (SSSR count). The van der Waals surface area contributed by atoms with Crippen molar-refractivity contribution < 1.29 is 31.9 Å². The molecule has 2 aromatic carbocycles. The van der Waals surface area contributed by atoms with Gasteiger partial charge >= 0.3 is 6.18 Å². The molecule has 0 bridgehead atoms. The van der Waals surface area contributed by atoms with Crippen LogP contribution in [0.15, 0.2) is 42.5 Å². The van der Waals surface area contributed by atoms with Crippen LogP contribution in [0, 0.1) is 5.82 Å². The zero-order valence-corrected chi connectivity index (χ0v) is 16.2. The minimum Gasteiger partial charge on any atom is -0.484 e. The average molecular weight is 424 g/mol. The van der Waals surface area contributed by atoms with Crippen LogP contribution in [0.2, 0.25) is 0 Å². The molecule has 160 valence electrons. The van der Waals surface area contributed by atoms with Gasteiger partial charge in [-0.05, 0) is 49.4 Å². The first-order valence-corrected chi connectivity index (χ1v) is 9.28. The van der Waals surface area contributed by atoms with E-state index in [2.05, 4.69) is 4.74 Å². The van der Waals surface area contributed by atoms with Gasteiger partial charge in [0, 0.05) is 37.3 Å². The number of carbonyl (C=O) groups excluding carboxylic acids is 2. The van der Waals surface area contributed by atoms with Crippen molar-refractivity contribution in [1.82, 2.24) is 4.90 Å². The first-order valence-electron chi connectivity index (χ1n) is 9.28. The summed E-state index contributed by atoms with van der Waals surface area (Å²) in [5, 5.41) is 0. The standard InChI is InChI=1S/C21H20F4N2O3/c1-14(28)16-4-7-19(18(22)12-16)26-8-10-27(11-9-26)20(29)15-2-5-17(6-3-15)30-13-21(23,24)25/h2-7,12H,8-11,13H2,1H3. The maximum atomic E-state index is 14.3. The van der Waals surface area contributed by atoms with E-state index in [4.69, 9.17) is 0 Å². The molecule has 5 nitrogen and oxygen atoms in total. The maximum Gasteiger partial charge on any atom is 0.422 e. The molecule has 0 atom stereocenters. The summed E-state index contributed by atoms with van der Waals surface area (Å²) in [6.07, 6.45) is -4.43. The fraction of sp³-hybridized carbons (Fsp3) is 0.333. The third kappa shape index (κ3) is 5.28. The molecule has 1 amide bonds. The van der Waals surface area contributed by atoms with E-state index >= 15 is 0 Å². The molecule has 0 aliphatic carbocycles. The van der Waals surface area contributed by atoms with Crippen LogP contribution in [0.1, 0.15) is 27.6 Å². The molecule has 9 heteroatoms. The van der Waals surface area contributed by atoms with Gasteiger partial charge in [-0.1, -0.05) is 0 Å². The Morgan fingerprint density at radius 1 is 0.967 bits per heavy atom. The van der Waals surface area contributed by atoms with E-state index in [9.17, 15) is 27.2 Å². The molecule has 1 aliphatic heterocycles. The van der Waals surface area contributed by atoms with Gasteiger partial charge in [0.2, 0.25) is 0 Å². The summed E-state index contributed by atoms with van der Waals surface area (Å²) in [6.45, 7) is 1.52. The van der Waals surface area contributed by atoms with Crippen molar-refractivity contribution in [2.24, 2.45) is 0 Å². The second-order valence-corrected chi connectivity index (χ2v) is 6.93. The molecule has 2 aromatic rings. The van der Waals surface area contributed by atoms with Crippen LogP contribution in [0.4, 0.5) is 23.2 Å². The van der Waals surface area contributed by atoms with Gasteiger partial charge < -0.3 is 14.5 Å². The second kappa shape index (κ2) is 8.73. The summed E-state index contributed by atoms with van der Waals surface area (Å²) in [5.74, 6) is -0.940. The monoisotopic (exact) mass is 424 g/mol. The summed E-state index contributed by atoms with van der Waals surface area (Å²) >= 11 is 0. The van der Waals surface area contributed by atoms with Crippen molar-refractivity contribution >= 4 is 17.4 Å². The predicted molar refractivity (Wildman–Crippen MR) is 103 cm³/mol. The van der Waals surface area contributed by atoms with Crippen LogP contribution in [0.25, 0.3) is 0 Å². The number of carbonyl (C=O) groups is 2. The Balaban J connectivity index is 1.58. The van der Waals surface area contributed by atoms with E-state index in [0.717, 1.165) is 0 Å². The SMILES string of the molecule is CC(=O)c1ccc(N2CCN(C(=O)c3ccc(OCC(F)(F)F)cc3)CC2)c(F)c1. The van der Waals surface area contributed by atoms with Gasteiger partial charge in [-0.3, -0.25) is 9.59 Å². The Morgan fingerprint density at radius 2 is 1.57 bits per heavy atom. The number of hydrogen-bond donors (Lipinski definition) is 0. The molecular formula is C21H20F4N2O3. The summed E-state index contributed by atoms with van der Waals surface area (Å²) in [5.41, 5.74) is 1.01. The van der Waals surface area contributed by atoms with Crippen LogP contribution >= 0.6 is 0 Å². The zero-order valence-electron chi connectivity index (χ0n) is 16.2. The summed E-state index contributed by atoms with van der Waals surface area (Å²) < 4.78 is 55.6. The van der Waals surface area contributed by atoms with Gasteiger partial charge in [0.15, 0.2) is 12.4 Å². The Hall–Kier alpha value is -3.10. The van der Waals surface area contributed by atoms with Crippen molar-refractivity contribution in [2.75, 3.05) is 37.7 Å². The highest BCUT2D eigenvalue weighted by molar-refractivity contribution is 5.95. The number of rotatable bonds is 5. The Morgan fingerprint density at radius 3 is 2.10 bits per heavy atom. The van der Waals surface area contributed by atoms with E-state index in [1.165, 1.54) is 37.3 Å². The number of Topliss-reactive ketones (excluding diaryl/α,β-unsaturated/α-hetero) is 1. The number of alkyl halides is 3. The highest BCUT2D eigenvalue weighted by Gasteiger charge is 2.28. The number of ether oxygens (including phenoxy) is 1. The van der Waals surface area contributed by atoms with E-state index in [1.54, 1.807) is 21.9 Å². The van der Waals surface area contributed by atoms with E-state index in [1.807, 2.05) is 0 Å². The Labute approximate surface area is 170 Å². The molecule has 0 aromatic heterocycles. The normalized spacial score (nSPS) is 14.6. The van der Waals surface area contributed by atoms with Crippen molar-refractivity contribution in [3.05, 3.63) is 59.4 Å². The molecule has 1 aliphatic rings. The van der Waals surface area contributed by atoms with Crippen LogP contribution in [-0.4, -0.2) is 55.6 Å². The molecule has 0 radical (unpaired) electrons. The smallest absolute Gasteiger partial charge is 0.422 e. The molecule has 1 heterocycles. The van der Waals surface area contributed by atoms with Crippen LogP contribution in [0.5, 0.6) is 5.75 Å². The van der Waals surface area contributed by atoms with Crippen molar-refractivity contribution in [3.63, 3.8) is 0 Å². The molecule has 30 heavy (non-hydrogen) atoms. The van der Waals surface area contributed by atoms with E-state index < -0.39 is 18.6 Å². The zero-order chi connectivity index (χ0) is 21.9. The first-order chi connectivity index (χ1) is 14.1. The van der Waals surface area contributed by atoms with Crippen LogP contribution < -0.4 is 9.64 Å². The molecule has 1 saturated heterocycles. The van der Waals surface area contributed by atoms with Crippen molar-refractivity contribution in [1.29, 1.82) is 0 Å². The summed E-state index contributed by atoms with van der Waals surface area (Å²) in [4.78, 5) is 27.4. The molecule has 0 unspecified atom stereocenters. The summed E-state index contributed by atoms with van der Waals surface area (Å²) in [7, 11) is 0. The number of halogens is 4. The number of hydrogen-bond acceptors (Lipinski definition) is 4. The molecule has 0 spiro atoms. The van der Waals surface area contributed by atoms with Gasteiger partial charge in [-0.15, -0.1) is 0 Å². The number of amides is 1. The maximum absolute atomic E-state index is 14.3. The van der Waals surface area contributed by atoms with Gasteiger partial charge in [-0.2, -0.15) is 13.2 Å². The largest absolute Gasteiger partial charge is 0.484 e. The second-order valence-electron chi connectivity index (χ2n) is 6.93. The van der Waals surface area contributed by atoms with Crippen LogP contribution in [0.3, 0.4) is 0 Å². The number of benzene rings is 2. The predicted octanol–water partition coefficient (Wildman–Crippen LogP) is 3.93. The lowest BCUT2D eigenvalue weighted by Gasteiger charge is -2.36. The minimum absolute atomic E-state index is 0.0261. The third-order valence-corrected chi connectivity index (χ3v) is 4.77. The average Bonchev–Trinajstić information content (AvgIpc) is 2.71. The fourth-order valence-electron chi connectivity index (χ4n) is 3.17. The van der Waals surface area contributed by atoms with Gasteiger partial charge in [-0.25, -0.2) is 4.39 Å². The fourth-order valence-corrected chi connectivity index (χ4v) is 3.17. The highest BCUT2D eigenvalue weighted by atomic mass is 19.4. The minimum atomic E-state index is -4.43. The molecule has 0 N–H and O–H groups in total. The lowest BCUT2D eigenvalue weighted by Crippen LogP contribution is -2.49. The van der Waals surface area contributed by atoms with Gasteiger partial charge in [0.05, 0.1) is 5.69 Å². The lowest BCUT2D eigenvalue weighted by molar-refractivity contribution is -0.153. The number of piperazine rings is 1. The summed E-state index contributed by atoms with van der Waals surface area (Å²) in [6, 6.07) is 9.81.